The van der Waals surface area contributed by atoms with E-state index < -0.39 is 30.9 Å². The predicted molar refractivity (Wildman–Crippen MR) is 174 cm³/mol. The molecule has 0 aromatic heterocycles. The van der Waals surface area contributed by atoms with E-state index in [9.17, 15) is 24.1 Å². The molecule has 0 radical (unpaired) electrons. The lowest BCUT2D eigenvalue weighted by Crippen LogP contribution is -2.46. The van der Waals surface area contributed by atoms with Gasteiger partial charge in [0.1, 0.15) is 0 Å². The van der Waals surface area contributed by atoms with Crippen LogP contribution in [0.3, 0.4) is 0 Å². The summed E-state index contributed by atoms with van der Waals surface area (Å²) in [4.78, 5) is 29.3. The molecule has 0 saturated carbocycles. The van der Waals surface area contributed by atoms with Crippen molar-refractivity contribution in [2.45, 2.75) is 52.5 Å². The van der Waals surface area contributed by atoms with Crippen LogP contribution in [0.1, 0.15) is 45.6 Å². The molecule has 0 spiro atoms. The summed E-state index contributed by atoms with van der Waals surface area (Å²) >= 11 is 0. The monoisotopic (exact) mass is 608 g/mol. The van der Waals surface area contributed by atoms with E-state index in [0.29, 0.717) is 30.5 Å². The van der Waals surface area contributed by atoms with Gasteiger partial charge in [0.05, 0.1) is 23.6 Å². The Morgan fingerprint density at radius 2 is 1.76 bits per heavy atom. The van der Waals surface area contributed by atoms with Crippen LogP contribution in [0.5, 0.6) is 5.75 Å². The smallest absolute Gasteiger partial charge is 0.455 e. The minimum absolute atomic E-state index is 0.140. The molecule has 1 aliphatic carbocycles. The number of phenols is 1. The summed E-state index contributed by atoms with van der Waals surface area (Å²) in [6, 6.07) is 21.4. The number of phenolic OH excluding ortho intramolecular Hbond substituents is 1. The molecule has 2 amide bonds. The molecule has 3 N–H and O–H groups in total. The van der Waals surface area contributed by atoms with Gasteiger partial charge in [0.15, 0.2) is 11.6 Å². The van der Waals surface area contributed by atoms with E-state index in [-0.39, 0.29) is 35.7 Å². The Morgan fingerprint density at radius 1 is 1.04 bits per heavy atom. The third kappa shape index (κ3) is 6.19. The first-order valence-corrected chi connectivity index (χ1v) is 15.6. The third-order valence-electron chi connectivity index (χ3n) is 9.31. The molecule has 45 heavy (non-hydrogen) atoms. The van der Waals surface area contributed by atoms with Crippen LogP contribution in [-0.4, -0.2) is 35.2 Å². The number of hydrogen-bond acceptors (Lipinski definition) is 6. The second kappa shape index (κ2) is 12.7. The van der Waals surface area contributed by atoms with Gasteiger partial charge in [0.25, 0.3) is 0 Å². The zero-order chi connectivity index (χ0) is 31.8. The number of carbonyl (C=O) groups excluding carboxylic acids is 2. The summed E-state index contributed by atoms with van der Waals surface area (Å²) in [5.74, 6) is -2.68. The Balaban J connectivity index is 1.23. The summed E-state index contributed by atoms with van der Waals surface area (Å²) < 4.78 is 20.0. The SMILES string of the molecule is C/C(=C\c1ccc(O)c(F)c1)CC[C@H]1OB(O)C[C@H]2C1=C(C(C)C)C[C@H]1C(=O)N(c3ccc(Nc4ccccc4)cc3)C(=O)[C@H]12. The predicted octanol–water partition coefficient (Wildman–Crippen LogP) is 7.12. The van der Waals surface area contributed by atoms with Crippen molar-refractivity contribution in [3.63, 3.8) is 0 Å². The standard InChI is InChI=1S/C36H38BFN2O5/c1-21(2)27-19-28-34(36(43)40(35(28)42)26-13-11-25(12-14-26)39-24-7-5-4-6-8-24)29-20-37(44)45-32(33(27)29)16-9-22(3)17-23-10-15-31(41)30(38)18-23/h4-8,10-15,17-18,21,28-29,32,34,39,41,44H,9,16,19-20H2,1-3H3/b22-17+/t28-,29+,32-,34-/m1/s1. The number of halogens is 1. The number of rotatable bonds is 8. The summed E-state index contributed by atoms with van der Waals surface area (Å²) in [5, 5.41) is 23.7. The van der Waals surface area contributed by atoms with Crippen molar-refractivity contribution in [3.8, 4) is 5.75 Å². The Hall–Kier alpha value is -4.21. The number of imide groups is 1. The number of carbonyl (C=O) groups is 2. The number of fused-ring (bicyclic) bond motifs is 3. The topological polar surface area (TPSA) is 99.1 Å². The maximum absolute atomic E-state index is 14.1. The number of para-hydroxylation sites is 1. The van der Waals surface area contributed by atoms with Gasteiger partial charge < -0.3 is 20.1 Å². The number of anilines is 3. The molecular formula is C36H38BFN2O5. The van der Waals surface area contributed by atoms with Crippen molar-refractivity contribution < 1.29 is 28.8 Å². The highest BCUT2D eigenvalue weighted by Gasteiger charge is 2.57. The lowest BCUT2D eigenvalue weighted by molar-refractivity contribution is -0.122. The Bertz CT molecular complexity index is 1660. The largest absolute Gasteiger partial charge is 0.505 e. The summed E-state index contributed by atoms with van der Waals surface area (Å²) in [5.41, 5.74) is 6.15. The van der Waals surface area contributed by atoms with Gasteiger partial charge in [-0.05, 0) is 104 Å². The molecular weight excluding hydrogens is 570 g/mol. The third-order valence-corrected chi connectivity index (χ3v) is 9.31. The van der Waals surface area contributed by atoms with E-state index in [1.54, 1.807) is 18.2 Å². The van der Waals surface area contributed by atoms with Crippen LogP contribution in [0.25, 0.3) is 6.08 Å². The first kappa shape index (κ1) is 30.8. The van der Waals surface area contributed by atoms with Gasteiger partial charge in [-0.2, -0.15) is 0 Å². The van der Waals surface area contributed by atoms with Crippen LogP contribution in [0.15, 0.2) is 89.5 Å². The second-order valence-corrected chi connectivity index (χ2v) is 12.7. The molecule has 2 fully saturated rings. The quantitative estimate of drug-likeness (QED) is 0.143. The Morgan fingerprint density at radius 3 is 2.44 bits per heavy atom. The van der Waals surface area contributed by atoms with Gasteiger partial charge in [-0.15, -0.1) is 0 Å². The molecule has 9 heteroatoms. The molecule has 0 bridgehead atoms. The van der Waals surface area contributed by atoms with E-state index in [2.05, 4.69) is 19.2 Å². The van der Waals surface area contributed by atoms with Crippen molar-refractivity contribution in [1.82, 2.24) is 0 Å². The zero-order valence-electron chi connectivity index (χ0n) is 25.7. The van der Waals surface area contributed by atoms with Crippen molar-refractivity contribution in [2.75, 3.05) is 10.2 Å². The molecule has 6 rings (SSSR count). The maximum Gasteiger partial charge on any atom is 0.455 e. The zero-order valence-corrected chi connectivity index (χ0v) is 25.7. The van der Waals surface area contributed by atoms with Gasteiger partial charge in [-0.1, -0.05) is 55.3 Å². The van der Waals surface area contributed by atoms with E-state index in [1.807, 2.05) is 55.5 Å². The summed E-state index contributed by atoms with van der Waals surface area (Å²) in [6.07, 6.45) is 3.40. The number of benzene rings is 3. The van der Waals surface area contributed by atoms with Crippen molar-refractivity contribution in [2.24, 2.45) is 23.7 Å². The van der Waals surface area contributed by atoms with E-state index in [1.165, 1.54) is 17.0 Å². The lowest BCUT2D eigenvalue weighted by Gasteiger charge is -2.44. The van der Waals surface area contributed by atoms with Crippen LogP contribution in [-0.2, 0) is 14.2 Å². The highest BCUT2D eigenvalue weighted by Crippen LogP contribution is 2.52. The average Bonchev–Trinajstić information content (AvgIpc) is 3.27. The Labute approximate surface area is 263 Å². The normalized spacial score (nSPS) is 23.5. The Kier molecular flexibility index (Phi) is 8.66. The molecule has 3 aromatic carbocycles. The van der Waals surface area contributed by atoms with Crippen molar-refractivity contribution >= 4 is 42.1 Å². The molecule has 2 aliphatic heterocycles. The van der Waals surface area contributed by atoms with Crippen LogP contribution in [0.2, 0.25) is 6.32 Å². The van der Waals surface area contributed by atoms with E-state index >= 15 is 0 Å². The lowest BCUT2D eigenvalue weighted by atomic mass is 9.57. The molecule has 3 aromatic rings. The van der Waals surface area contributed by atoms with Crippen molar-refractivity contribution in [1.29, 1.82) is 0 Å². The number of allylic oxidation sites excluding steroid dienone is 2. The van der Waals surface area contributed by atoms with Gasteiger partial charge in [0.2, 0.25) is 11.8 Å². The fourth-order valence-corrected chi connectivity index (χ4v) is 7.21. The number of hydrogen-bond donors (Lipinski definition) is 3. The van der Waals surface area contributed by atoms with Crippen LogP contribution < -0.4 is 10.2 Å². The fraction of sp³-hybridized carbons (Fsp3) is 0.333. The molecule has 7 nitrogen and oxygen atoms in total. The molecule has 2 saturated heterocycles. The molecule has 0 unspecified atom stereocenters. The highest BCUT2D eigenvalue weighted by atomic mass is 19.1. The second-order valence-electron chi connectivity index (χ2n) is 12.7. The van der Waals surface area contributed by atoms with Crippen LogP contribution in [0.4, 0.5) is 21.5 Å². The van der Waals surface area contributed by atoms with Crippen molar-refractivity contribution in [3.05, 3.63) is 101 Å². The van der Waals surface area contributed by atoms with Gasteiger partial charge in [0, 0.05) is 11.4 Å². The van der Waals surface area contributed by atoms with Gasteiger partial charge >= 0.3 is 7.12 Å². The number of nitrogens with one attached hydrogen (secondary N) is 1. The molecule has 3 aliphatic rings. The van der Waals surface area contributed by atoms with E-state index in [4.69, 9.17) is 4.65 Å². The minimum Gasteiger partial charge on any atom is -0.505 e. The van der Waals surface area contributed by atoms with Gasteiger partial charge in [-0.3, -0.25) is 14.5 Å². The number of amides is 2. The average molecular weight is 609 g/mol. The maximum atomic E-state index is 14.1. The fourth-order valence-electron chi connectivity index (χ4n) is 7.21. The van der Waals surface area contributed by atoms with Crippen LogP contribution >= 0.6 is 0 Å². The first-order chi connectivity index (χ1) is 21.6. The highest BCUT2D eigenvalue weighted by molar-refractivity contribution is 6.43. The van der Waals surface area contributed by atoms with E-state index in [0.717, 1.165) is 28.1 Å². The molecule has 2 heterocycles. The molecule has 4 atom stereocenters. The summed E-state index contributed by atoms with van der Waals surface area (Å²) in [7, 11) is -1.05. The molecule has 232 valence electrons. The van der Waals surface area contributed by atoms with Gasteiger partial charge in [-0.25, -0.2) is 4.39 Å². The number of aromatic hydroxyl groups is 1. The summed E-state index contributed by atoms with van der Waals surface area (Å²) in [6.45, 7) is 6.15. The number of nitrogens with zero attached hydrogens (tertiary/aromatic N) is 1. The minimum atomic E-state index is -1.05. The van der Waals surface area contributed by atoms with Crippen LogP contribution in [0, 0.1) is 29.5 Å². The first-order valence-electron chi connectivity index (χ1n) is 15.6.